The number of hydrogen-bond donors (Lipinski definition) is 2. The van der Waals surface area contributed by atoms with Crippen molar-refractivity contribution in [2.24, 2.45) is 0 Å². The normalized spacial score (nSPS) is 12.0. The molecular formula is C20H24N4O4. The highest BCUT2D eigenvalue weighted by molar-refractivity contribution is 5.98. The van der Waals surface area contributed by atoms with Crippen LogP contribution in [0, 0.1) is 0 Å². The maximum Gasteiger partial charge on any atom is 0.331 e. The lowest BCUT2D eigenvalue weighted by Crippen LogP contribution is -2.46. The van der Waals surface area contributed by atoms with E-state index in [2.05, 4.69) is 15.7 Å². The van der Waals surface area contributed by atoms with E-state index >= 15 is 0 Å². The molecule has 8 heteroatoms. The highest BCUT2D eigenvalue weighted by Crippen LogP contribution is 2.06. The summed E-state index contributed by atoms with van der Waals surface area (Å²) < 4.78 is 6.75. The van der Waals surface area contributed by atoms with Crippen LogP contribution in [0.5, 0.6) is 0 Å². The number of nitrogens with one attached hydrogen (secondary N) is 2. The Hall–Kier alpha value is -3.42. The van der Waals surface area contributed by atoms with Crippen LogP contribution in [0.4, 0.5) is 4.79 Å². The van der Waals surface area contributed by atoms with Crippen LogP contribution >= 0.6 is 0 Å². The summed E-state index contributed by atoms with van der Waals surface area (Å²) in [7, 11) is 0. The molecule has 0 aliphatic heterocycles. The molecule has 2 N–H and O–H groups in total. The first-order valence-electron chi connectivity index (χ1n) is 8.90. The number of imide groups is 1. The number of benzene rings is 1. The fourth-order valence-electron chi connectivity index (χ4n) is 2.27. The predicted octanol–water partition coefficient (Wildman–Crippen LogP) is 2.11. The third kappa shape index (κ3) is 7.06. The van der Waals surface area contributed by atoms with Gasteiger partial charge in [-0.05, 0) is 32.4 Å². The number of carbonyl (C=O) groups excluding carboxylic acids is 3. The van der Waals surface area contributed by atoms with E-state index in [-0.39, 0.29) is 6.04 Å². The van der Waals surface area contributed by atoms with Gasteiger partial charge in [-0.2, -0.15) is 5.10 Å². The molecule has 148 valence electrons. The lowest BCUT2D eigenvalue weighted by molar-refractivity contribution is -0.149. The molecule has 2 rings (SSSR count). The van der Waals surface area contributed by atoms with Crippen molar-refractivity contribution in [3.63, 3.8) is 0 Å². The molecule has 0 saturated heterocycles. The van der Waals surface area contributed by atoms with Crippen molar-refractivity contribution in [1.82, 2.24) is 20.4 Å². The fourth-order valence-corrected chi connectivity index (χ4v) is 2.27. The third-order valence-electron chi connectivity index (χ3n) is 3.57. The SMILES string of the molecule is CC(C)NC(=O)NC(=O)[C@@H](C)OC(=O)/C=C/c1cnn(Cc2ccccc2)c1. The van der Waals surface area contributed by atoms with Gasteiger partial charge in [0, 0.05) is 23.9 Å². The summed E-state index contributed by atoms with van der Waals surface area (Å²) in [6.45, 7) is 5.54. The minimum Gasteiger partial charge on any atom is -0.449 e. The molecule has 0 spiro atoms. The molecule has 1 atom stereocenters. The Morgan fingerprint density at radius 3 is 2.57 bits per heavy atom. The molecule has 1 heterocycles. The van der Waals surface area contributed by atoms with E-state index in [0.29, 0.717) is 6.54 Å². The number of carbonyl (C=O) groups is 3. The van der Waals surface area contributed by atoms with Crippen molar-refractivity contribution >= 4 is 24.0 Å². The summed E-state index contributed by atoms with van der Waals surface area (Å²) in [6, 6.07) is 9.12. The van der Waals surface area contributed by atoms with Gasteiger partial charge < -0.3 is 10.1 Å². The predicted molar refractivity (Wildman–Crippen MR) is 104 cm³/mol. The Bertz CT molecular complexity index is 843. The van der Waals surface area contributed by atoms with Crippen LogP contribution in [0.15, 0.2) is 48.8 Å². The Balaban J connectivity index is 1.83. The number of esters is 1. The molecule has 0 aliphatic rings. The van der Waals surface area contributed by atoms with Gasteiger partial charge in [0.2, 0.25) is 0 Å². The molecule has 1 aromatic carbocycles. The van der Waals surface area contributed by atoms with Crippen LogP contribution in [0.2, 0.25) is 0 Å². The minimum atomic E-state index is -1.10. The standard InChI is InChI=1S/C20H24N4O4/c1-14(2)22-20(27)23-19(26)15(3)28-18(25)10-9-17-11-21-24(13-17)12-16-7-5-4-6-8-16/h4-11,13-15H,12H2,1-3H3,(H2,22,23,26,27)/b10-9+/t15-/m1/s1. The van der Waals surface area contributed by atoms with E-state index in [1.807, 2.05) is 30.3 Å². The maximum atomic E-state index is 11.9. The number of urea groups is 1. The zero-order valence-corrected chi connectivity index (χ0v) is 16.1. The smallest absolute Gasteiger partial charge is 0.331 e. The van der Waals surface area contributed by atoms with Crippen molar-refractivity contribution < 1.29 is 19.1 Å². The van der Waals surface area contributed by atoms with Gasteiger partial charge >= 0.3 is 12.0 Å². The van der Waals surface area contributed by atoms with E-state index in [0.717, 1.165) is 11.1 Å². The van der Waals surface area contributed by atoms with Crippen LogP contribution in [-0.4, -0.2) is 39.8 Å². The summed E-state index contributed by atoms with van der Waals surface area (Å²) in [5, 5.41) is 8.87. The lowest BCUT2D eigenvalue weighted by Gasteiger charge is -2.13. The van der Waals surface area contributed by atoms with E-state index < -0.39 is 24.0 Å². The number of amides is 3. The fraction of sp³-hybridized carbons (Fsp3) is 0.300. The third-order valence-corrected chi connectivity index (χ3v) is 3.57. The average Bonchev–Trinajstić information content (AvgIpc) is 3.07. The molecule has 0 unspecified atom stereocenters. The molecule has 2 aromatic rings. The Morgan fingerprint density at radius 1 is 1.18 bits per heavy atom. The van der Waals surface area contributed by atoms with Crippen LogP contribution in [-0.2, 0) is 20.9 Å². The molecule has 8 nitrogen and oxygen atoms in total. The first-order chi connectivity index (χ1) is 13.3. The van der Waals surface area contributed by atoms with Gasteiger partial charge in [0.15, 0.2) is 6.10 Å². The zero-order valence-electron chi connectivity index (χ0n) is 16.1. The topological polar surface area (TPSA) is 102 Å². The van der Waals surface area contributed by atoms with E-state index in [1.165, 1.54) is 13.0 Å². The summed E-state index contributed by atoms with van der Waals surface area (Å²) in [6.07, 6.45) is 5.08. The van der Waals surface area contributed by atoms with Crippen molar-refractivity contribution in [1.29, 1.82) is 0 Å². The Kier molecular flexibility index (Phi) is 7.50. The van der Waals surface area contributed by atoms with Crippen LogP contribution in [0.25, 0.3) is 6.08 Å². The minimum absolute atomic E-state index is 0.114. The van der Waals surface area contributed by atoms with Gasteiger partial charge in [0.05, 0.1) is 12.7 Å². The first kappa shape index (κ1) is 20.9. The molecule has 1 aromatic heterocycles. The number of hydrogen-bond acceptors (Lipinski definition) is 5. The number of aromatic nitrogens is 2. The highest BCUT2D eigenvalue weighted by atomic mass is 16.5. The largest absolute Gasteiger partial charge is 0.449 e. The average molecular weight is 384 g/mol. The van der Waals surface area contributed by atoms with Gasteiger partial charge in [-0.25, -0.2) is 9.59 Å². The quantitative estimate of drug-likeness (QED) is 0.562. The van der Waals surface area contributed by atoms with Gasteiger partial charge in [-0.15, -0.1) is 0 Å². The number of rotatable bonds is 7. The summed E-state index contributed by atoms with van der Waals surface area (Å²) in [5.41, 5.74) is 1.84. The van der Waals surface area contributed by atoms with Crippen molar-refractivity contribution in [2.45, 2.75) is 39.5 Å². The summed E-state index contributed by atoms with van der Waals surface area (Å²) >= 11 is 0. The van der Waals surface area contributed by atoms with Crippen LogP contribution in [0.3, 0.4) is 0 Å². The summed E-state index contributed by atoms with van der Waals surface area (Å²) in [4.78, 5) is 35.2. The molecule has 28 heavy (non-hydrogen) atoms. The second-order valence-corrected chi connectivity index (χ2v) is 6.49. The lowest BCUT2D eigenvalue weighted by atomic mass is 10.2. The second kappa shape index (κ2) is 10.1. The van der Waals surface area contributed by atoms with Crippen molar-refractivity contribution in [2.75, 3.05) is 0 Å². The van der Waals surface area contributed by atoms with E-state index in [9.17, 15) is 14.4 Å². The molecule has 0 fully saturated rings. The molecular weight excluding hydrogens is 360 g/mol. The van der Waals surface area contributed by atoms with Crippen LogP contribution in [0.1, 0.15) is 31.9 Å². The van der Waals surface area contributed by atoms with E-state index in [4.69, 9.17) is 4.74 Å². The van der Waals surface area contributed by atoms with Crippen LogP contribution < -0.4 is 10.6 Å². The monoisotopic (exact) mass is 384 g/mol. The van der Waals surface area contributed by atoms with Gasteiger partial charge in [0.1, 0.15) is 0 Å². The molecule has 0 bridgehead atoms. The molecule has 0 radical (unpaired) electrons. The molecule has 0 saturated carbocycles. The van der Waals surface area contributed by atoms with Crippen molar-refractivity contribution in [3.05, 3.63) is 59.9 Å². The zero-order chi connectivity index (χ0) is 20.5. The Labute approximate surface area is 163 Å². The first-order valence-corrected chi connectivity index (χ1v) is 8.90. The summed E-state index contributed by atoms with van der Waals surface area (Å²) in [5.74, 6) is -1.39. The Morgan fingerprint density at radius 2 is 1.89 bits per heavy atom. The van der Waals surface area contributed by atoms with Gasteiger partial charge in [0.25, 0.3) is 5.91 Å². The number of nitrogens with zero attached hydrogens (tertiary/aromatic N) is 2. The maximum absolute atomic E-state index is 11.9. The molecule has 0 aliphatic carbocycles. The van der Waals surface area contributed by atoms with Gasteiger partial charge in [-0.3, -0.25) is 14.8 Å². The highest BCUT2D eigenvalue weighted by Gasteiger charge is 2.19. The number of ether oxygens (including phenoxy) is 1. The van der Waals surface area contributed by atoms with Crippen molar-refractivity contribution in [3.8, 4) is 0 Å². The molecule has 3 amide bonds. The van der Waals surface area contributed by atoms with E-state index in [1.54, 1.807) is 37.0 Å². The second-order valence-electron chi connectivity index (χ2n) is 6.49. The van der Waals surface area contributed by atoms with Gasteiger partial charge in [-0.1, -0.05) is 30.3 Å².